The fourth-order valence-corrected chi connectivity index (χ4v) is 1.50. The Morgan fingerprint density at radius 1 is 1.60 bits per heavy atom. The quantitative estimate of drug-likeness (QED) is 0.749. The summed E-state index contributed by atoms with van der Waals surface area (Å²) < 4.78 is 13.1. The first kappa shape index (κ1) is 11.7. The molecule has 0 aliphatic rings. The number of rotatable bonds is 4. The van der Waals surface area contributed by atoms with Crippen LogP contribution < -0.4 is 5.73 Å². The van der Waals surface area contributed by atoms with E-state index in [2.05, 4.69) is 6.58 Å². The maximum Gasteiger partial charge on any atom is 0.124 e. The van der Waals surface area contributed by atoms with E-state index >= 15 is 0 Å². The second-order valence-corrected chi connectivity index (χ2v) is 3.63. The van der Waals surface area contributed by atoms with Crippen molar-refractivity contribution in [1.29, 1.82) is 0 Å². The number of benzene rings is 1. The first-order chi connectivity index (χ1) is 7.06. The Balaban J connectivity index is 2.96. The molecule has 1 aromatic carbocycles. The van der Waals surface area contributed by atoms with Crippen LogP contribution in [0, 0.1) is 12.7 Å². The van der Waals surface area contributed by atoms with Gasteiger partial charge in [0.15, 0.2) is 0 Å². The average Bonchev–Trinajstić information content (AvgIpc) is 2.19. The van der Waals surface area contributed by atoms with Crippen LogP contribution in [-0.2, 0) is 0 Å². The molecular weight excluding hydrogens is 193 g/mol. The van der Waals surface area contributed by atoms with Gasteiger partial charge in [0.25, 0.3) is 0 Å². The van der Waals surface area contributed by atoms with Crippen molar-refractivity contribution in [3.8, 4) is 5.75 Å². The minimum Gasteiger partial charge on any atom is -0.507 e. The van der Waals surface area contributed by atoms with Crippen molar-refractivity contribution in [3.63, 3.8) is 0 Å². The highest BCUT2D eigenvalue weighted by molar-refractivity contribution is 5.41. The molecule has 0 spiro atoms. The average molecular weight is 209 g/mol. The number of hydrogen-bond donors (Lipinski definition) is 2. The van der Waals surface area contributed by atoms with Crippen LogP contribution in [0.3, 0.4) is 0 Å². The van der Waals surface area contributed by atoms with Gasteiger partial charge in [-0.3, -0.25) is 0 Å². The second kappa shape index (κ2) is 4.94. The summed E-state index contributed by atoms with van der Waals surface area (Å²) in [5.74, 6) is -0.276. The van der Waals surface area contributed by atoms with E-state index in [0.29, 0.717) is 17.5 Å². The molecule has 0 bridgehead atoms. The smallest absolute Gasteiger partial charge is 0.124 e. The molecule has 0 aromatic heterocycles. The van der Waals surface area contributed by atoms with Crippen molar-refractivity contribution in [2.45, 2.75) is 25.8 Å². The number of phenolic OH excluding ortho intramolecular Hbond substituents is 1. The predicted molar refractivity (Wildman–Crippen MR) is 59.2 cm³/mol. The van der Waals surface area contributed by atoms with Crippen molar-refractivity contribution < 1.29 is 9.50 Å². The van der Waals surface area contributed by atoms with Gasteiger partial charge in [0.1, 0.15) is 11.6 Å². The fraction of sp³-hybridized carbons (Fsp3) is 0.333. The molecule has 0 aliphatic heterocycles. The molecule has 3 N–H and O–H groups in total. The van der Waals surface area contributed by atoms with Crippen molar-refractivity contribution >= 4 is 0 Å². The third-order valence-corrected chi connectivity index (χ3v) is 2.38. The van der Waals surface area contributed by atoms with E-state index < -0.39 is 0 Å². The van der Waals surface area contributed by atoms with Gasteiger partial charge in [0.2, 0.25) is 0 Å². The van der Waals surface area contributed by atoms with E-state index in [1.165, 1.54) is 12.1 Å². The Hall–Kier alpha value is -1.35. The normalized spacial score (nSPS) is 12.5. The molecule has 82 valence electrons. The zero-order valence-electron chi connectivity index (χ0n) is 8.83. The zero-order valence-corrected chi connectivity index (χ0v) is 8.83. The number of nitrogens with two attached hydrogens (primary N) is 1. The Morgan fingerprint density at radius 3 is 2.87 bits per heavy atom. The summed E-state index contributed by atoms with van der Waals surface area (Å²) >= 11 is 0. The zero-order chi connectivity index (χ0) is 11.4. The largest absolute Gasteiger partial charge is 0.507 e. The fourth-order valence-electron chi connectivity index (χ4n) is 1.50. The molecule has 0 saturated carbocycles. The summed E-state index contributed by atoms with van der Waals surface area (Å²) in [7, 11) is 0. The number of phenols is 1. The van der Waals surface area contributed by atoms with Gasteiger partial charge >= 0.3 is 0 Å². The van der Waals surface area contributed by atoms with Gasteiger partial charge in [0.05, 0.1) is 0 Å². The van der Waals surface area contributed by atoms with Crippen molar-refractivity contribution in [1.82, 2.24) is 0 Å². The maximum absolute atomic E-state index is 13.1. The number of allylic oxidation sites excluding steroid dienone is 1. The Kier molecular flexibility index (Phi) is 3.86. The van der Waals surface area contributed by atoms with Crippen LogP contribution in [0.2, 0.25) is 0 Å². The maximum atomic E-state index is 13.1. The lowest BCUT2D eigenvalue weighted by molar-refractivity contribution is 0.451. The molecule has 1 rings (SSSR count). The van der Waals surface area contributed by atoms with Crippen LogP contribution in [0.4, 0.5) is 4.39 Å². The van der Waals surface area contributed by atoms with E-state index in [1.807, 2.05) is 0 Å². The SMILES string of the molecule is C=CCC[C@H](N)c1cc(F)cc(C)c1O. The van der Waals surface area contributed by atoms with Gasteiger partial charge in [0, 0.05) is 11.6 Å². The first-order valence-electron chi connectivity index (χ1n) is 4.91. The van der Waals surface area contributed by atoms with Crippen molar-refractivity contribution in [3.05, 3.63) is 41.7 Å². The molecule has 0 unspecified atom stereocenters. The van der Waals surface area contributed by atoms with E-state index in [9.17, 15) is 9.50 Å². The lowest BCUT2D eigenvalue weighted by atomic mass is 9.99. The molecule has 1 aromatic rings. The Bertz CT molecular complexity index is 363. The van der Waals surface area contributed by atoms with Crippen molar-refractivity contribution in [2.75, 3.05) is 0 Å². The summed E-state index contributed by atoms with van der Waals surface area (Å²) in [6.45, 7) is 5.25. The standard InChI is InChI=1S/C12H16FNO/c1-3-4-5-11(14)10-7-9(13)6-8(2)12(10)15/h3,6-7,11,15H,1,4-5,14H2,2H3/t11-/m0/s1. The van der Waals surface area contributed by atoms with Crippen LogP contribution in [0.15, 0.2) is 24.8 Å². The van der Waals surface area contributed by atoms with E-state index in [-0.39, 0.29) is 17.6 Å². The summed E-state index contributed by atoms with van der Waals surface area (Å²) in [5.41, 5.74) is 6.83. The van der Waals surface area contributed by atoms with E-state index in [0.717, 1.165) is 6.42 Å². The second-order valence-electron chi connectivity index (χ2n) is 3.63. The third kappa shape index (κ3) is 2.80. The van der Waals surface area contributed by atoms with Gasteiger partial charge in [-0.2, -0.15) is 0 Å². The molecular formula is C12H16FNO. The summed E-state index contributed by atoms with van der Waals surface area (Å²) in [6, 6.07) is 2.23. The lowest BCUT2D eigenvalue weighted by Crippen LogP contribution is -2.10. The highest BCUT2D eigenvalue weighted by atomic mass is 19.1. The third-order valence-electron chi connectivity index (χ3n) is 2.38. The van der Waals surface area contributed by atoms with Crippen LogP contribution >= 0.6 is 0 Å². The highest BCUT2D eigenvalue weighted by Gasteiger charge is 2.13. The Morgan fingerprint density at radius 2 is 2.27 bits per heavy atom. The molecule has 0 heterocycles. The molecule has 3 heteroatoms. The van der Waals surface area contributed by atoms with Crippen LogP contribution in [-0.4, -0.2) is 5.11 Å². The molecule has 0 aliphatic carbocycles. The molecule has 15 heavy (non-hydrogen) atoms. The van der Waals surface area contributed by atoms with Crippen molar-refractivity contribution in [2.24, 2.45) is 5.73 Å². The number of aromatic hydroxyl groups is 1. The van der Waals surface area contributed by atoms with Gasteiger partial charge < -0.3 is 10.8 Å². The summed E-state index contributed by atoms with van der Waals surface area (Å²) in [4.78, 5) is 0. The molecule has 2 nitrogen and oxygen atoms in total. The first-order valence-corrected chi connectivity index (χ1v) is 4.91. The summed E-state index contributed by atoms with van der Waals surface area (Å²) in [6.07, 6.45) is 3.15. The minimum atomic E-state index is -0.366. The van der Waals surface area contributed by atoms with Gasteiger partial charge in [-0.15, -0.1) is 6.58 Å². The van der Waals surface area contributed by atoms with Crippen LogP contribution in [0.1, 0.15) is 30.0 Å². The monoisotopic (exact) mass is 209 g/mol. The van der Waals surface area contributed by atoms with Gasteiger partial charge in [-0.1, -0.05) is 6.08 Å². The van der Waals surface area contributed by atoms with E-state index in [4.69, 9.17) is 5.73 Å². The molecule has 1 atom stereocenters. The van der Waals surface area contributed by atoms with Gasteiger partial charge in [-0.05, 0) is 37.5 Å². The summed E-state index contributed by atoms with van der Waals surface area (Å²) in [5, 5.41) is 9.72. The number of hydrogen-bond acceptors (Lipinski definition) is 2. The lowest BCUT2D eigenvalue weighted by Gasteiger charge is -2.14. The number of aryl methyl sites for hydroxylation is 1. The topological polar surface area (TPSA) is 46.2 Å². The molecule has 0 amide bonds. The predicted octanol–water partition coefficient (Wildman–Crippen LogP) is 2.81. The highest BCUT2D eigenvalue weighted by Crippen LogP contribution is 2.29. The number of halogens is 1. The minimum absolute atomic E-state index is 0.0907. The van der Waals surface area contributed by atoms with Crippen LogP contribution in [0.5, 0.6) is 5.75 Å². The van der Waals surface area contributed by atoms with Crippen LogP contribution in [0.25, 0.3) is 0 Å². The van der Waals surface area contributed by atoms with E-state index in [1.54, 1.807) is 13.0 Å². The van der Waals surface area contributed by atoms with Gasteiger partial charge in [-0.25, -0.2) is 4.39 Å². The Labute approximate surface area is 89.2 Å². The molecule has 0 radical (unpaired) electrons. The molecule has 0 saturated heterocycles. The molecule has 0 fully saturated rings.